The van der Waals surface area contributed by atoms with Gasteiger partial charge in [0, 0.05) is 44.0 Å². The van der Waals surface area contributed by atoms with Crippen LogP contribution in [0.25, 0.3) is 0 Å². The first-order chi connectivity index (χ1) is 15.2. The van der Waals surface area contributed by atoms with E-state index in [1.54, 1.807) is 0 Å². The molecule has 0 aliphatic heterocycles. The quantitative estimate of drug-likeness (QED) is 0.388. The van der Waals surface area contributed by atoms with Crippen LogP contribution in [0.15, 0.2) is 29.3 Å². The lowest BCUT2D eigenvalue weighted by molar-refractivity contribution is 0.0951. The summed E-state index contributed by atoms with van der Waals surface area (Å²) in [7, 11) is 5.95. The van der Waals surface area contributed by atoms with Gasteiger partial charge in [-0.3, -0.25) is 9.48 Å². The molecule has 1 unspecified atom stereocenters. The van der Waals surface area contributed by atoms with E-state index in [0.717, 1.165) is 36.7 Å². The topological polar surface area (TPSA) is 86.6 Å². The molecule has 0 saturated carbocycles. The molecule has 0 bridgehead atoms. The van der Waals surface area contributed by atoms with Crippen LogP contribution < -0.4 is 16.0 Å². The zero-order valence-electron chi connectivity index (χ0n) is 20.6. The van der Waals surface area contributed by atoms with Crippen molar-refractivity contribution in [1.82, 2.24) is 30.6 Å². The van der Waals surface area contributed by atoms with Gasteiger partial charge in [0.1, 0.15) is 0 Å². The molecule has 0 saturated heterocycles. The molecule has 1 atom stereocenters. The van der Waals surface area contributed by atoms with Gasteiger partial charge in [0.2, 0.25) is 0 Å². The Morgan fingerprint density at radius 2 is 2.00 bits per heavy atom. The summed E-state index contributed by atoms with van der Waals surface area (Å²) in [5.74, 6) is 0.707. The number of benzene rings is 1. The van der Waals surface area contributed by atoms with Crippen LogP contribution in [0.1, 0.15) is 46.7 Å². The van der Waals surface area contributed by atoms with Crippen LogP contribution in [0, 0.1) is 13.8 Å². The fourth-order valence-electron chi connectivity index (χ4n) is 3.50. The van der Waals surface area contributed by atoms with Crippen molar-refractivity contribution in [2.24, 2.45) is 12.0 Å². The fraction of sp³-hybridized carbons (Fsp3) is 0.542. The Balaban J connectivity index is 2.01. The molecule has 0 aliphatic rings. The highest BCUT2D eigenvalue weighted by Gasteiger charge is 2.14. The van der Waals surface area contributed by atoms with Crippen molar-refractivity contribution in [3.8, 4) is 0 Å². The van der Waals surface area contributed by atoms with Crippen LogP contribution in [-0.2, 0) is 20.0 Å². The van der Waals surface area contributed by atoms with Crippen molar-refractivity contribution >= 4 is 11.9 Å². The van der Waals surface area contributed by atoms with Crippen LogP contribution in [0.3, 0.4) is 0 Å². The highest BCUT2D eigenvalue weighted by molar-refractivity contribution is 5.94. The predicted octanol–water partition coefficient (Wildman–Crippen LogP) is 2.01. The van der Waals surface area contributed by atoms with E-state index in [-0.39, 0.29) is 11.9 Å². The Kier molecular flexibility index (Phi) is 9.71. The second kappa shape index (κ2) is 12.2. The van der Waals surface area contributed by atoms with E-state index in [9.17, 15) is 4.79 Å². The molecule has 0 spiro atoms. The Labute approximate surface area is 192 Å². The van der Waals surface area contributed by atoms with Gasteiger partial charge in [-0.1, -0.05) is 12.1 Å². The number of aliphatic imine (C=N–C) groups is 1. The molecule has 0 fully saturated rings. The number of amides is 1. The van der Waals surface area contributed by atoms with E-state index in [1.165, 1.54) is 11.3 Å². The Hall–Kier alpha value is -2.87. The number of guanidine groups is 1. The van der Waals surface area contributed by atoms with Crippen molar-refractivity contribution < 1.29 is 4.79 Å². The van der Waals surface area contributed by atoms with Gasteiger partial charge in [-0.25, -0.2) is 4.99 Å². The van der Waals surface area contributed by atoms with Gasteiger partial charge in [0.15, 0.2) is 5.96 Å². The molecule has 2 aromatic rings. The van der Waals surface area contributed by atoms with Gasteiger partial charge in [0.05, 0.1) is 12.2 Å². The van der Waals surface area contributed by atoms with E-state index < -0.39 is 0 Å². The second-order valence-electron chi connectivity index (χ2n) is 8.48. The summed E-state index contributed by atoms with van der Waals surface area (Å²) in [4.78, 5) is 19.2. The Morgan fingerprint density at radius 1 is 1.25 bits per heavy atom. The zero-order valence-corrected chi connectivity index (χ0v) is 20.6. The number of nitrogens with zero attached hydrogens (tertiary/aromatic N) is 4. The average molecular weight is 442 g/mol. The summed E-state index contributed by atoms with van der Waals surface area (Å²) >= 11 is 0. The monoisotopic (exact) mass is 441 g/mol. The maximum Gasteiger partial charge on any atom is 0.251 e. The smallest absolute Gasteiger partial charge is 0.251 e. The van der Waals surface area contributed by atoms with E-state index >= 15 is 0 Å². The van der Waals surface area contributed by atoms with Crippen LogP contribution in [0.2, 0.25) is 0 Å². The molecule has 176 valence electrons. The molecule has 32 heavy (non-hydrogen) atoms. The van der Waals surface area contributed by atoms with Crippen molar-refractivity contribution in [3.63, 3.8) is 0 Å². The molecule has 2 rings (SSSR count). The minimum Gasteiger partial charge on any atom is -0.357 e. The van der Waals surface area contributed by atoms with Gasteiger partial charge in [-0.2, -0.15) is 5.10 Å². The minimum absolute atomic E-state index is 0.0569. The minimum atomic E-state index is -0.0569. The number of hydrogen-bond acceptors (Lipinski definition) is 4. The molecule has 1 heterocycles. The van der Waals surface area contributed by atoms with Crippen molar-refractivity contribution in [2.45, 2.75) is 46.7 Å². The van der Waals surface area contributed by atoms with Crippen LogP contribution >= 0.6 is 0 Å². The molecule has 0 radical (unpaired) electrons. The van der Waals surface area contributed by atoms with Gasteiger partial charge in [-0.15, -0.1) is 0 Å². The summed E-state index contributed by atoms with van der Waals surface area (Å²) in [5.41, 5.74) is 5.19. The van der Waals surface area contributed by atoms with Crippen LogP contribution in [0.4, 0.5) is 0 Å². The Bertz CT molecular complexity index is 917. The number of carbonyl (C=O) groups excluding carboxylic acids is 1. The third-order valence-corrected chi connectivity index (χ3v) is 5.35. The fourth-order valence-corrected chi connectivity index (χ4v) is 3.50. The molecular formula is C24H39N7O. The van der Waals surface area contributed by atoms with Gasteiger partial charge in [0.25, 0.3) is 5.91 Å². The maximum absolute atomic E-state index is 12.4. The lowest BCUT2D eigenvalue weighted by Gasteiger charge is -2.18. The summed E-state index contributed by atoms with van der Waals surface area (Å²) in [5, 5.41) is 14.3. The third-order valence-electron chi connectivity index (χ3n) is 5.35. The molecule has 1 aromatic carbocycles. The first-order valence-electron chi connectivity index (χ1n) is 11.3. The second-order valence-corrected chi connectivity index (χ2v) is 8.48. The number of aryl methyl sites for hydroxylation is 2. The molecule has 8 heteroatoms. The number of rotatable bonds is 10. The standard InChI is InChI=1S/C24H39N7O/c1-8-25-24(28-17(2)14-22-18(3)29-31(7)19(22)4)27-16-20-10-9-11-21(15-20)23(32)26-12-13-30(5)6/h9-11,15,17H,8,12-14,16H2,1-7H3,(H,26,32)(H2,25,27,28). The zero-order chi connectivity index (χ0) is 23.7. The molecule has 0 aliphatic carbocycles. The Morgan fingerprint density at radius 3 is 2.62 bits per heavy atom. The van der Waals surface area contributed by atoms with Gasteiger partial charge < -0.3 is 20.9 Å². The average Bonchev–Trinajstić information content (AvgIpc) is 2.98. The first-order valence-corrected chi connectivity index (χ1v) is 11.3. The van der Waals surface area contributed by atoms with Crippen molar-refractivity contribution in [1.29, 1.82) is 0 Å². The molecule has 1 amide bonds. The summed E-state index contributed by atoms with van der Waals surface area (Å²) in [6.07, 6.45) is 0.874. The van der Waals surface area contributed by atoms with E-state index in [4.69, 9.17) is 4.99 Å². The predicted molar refractivity (Wildman–Crippen MR) is 131 cm³/mol. The third kappa shape index (κ3) is 7.67. The highest BCUT2D eigenvalue weighted by Crippen LogP contribution is 2.14. The number of hydrogen-bond donors (Lipinski definition) is 3. The molecule has 8 nitrogen and oxygen atoms in total. The van der Waals surface area contributed by atoms with Crippen LogP contribution in [0.5, 0.6) is 0 Å². The van der Waals surface area contributed by atoms with Crippen LogP contribution in [-0.4, -0.2) is 66.3 Å². The number of likely N-dealkylation sites (N-methyl/N-ethyl adjacent to an activating group) is 1. The first kappa shape index (κ1) is 25.4. The highest BCUT2D eigenvalue weighted by atomic mass is 16.1. The number of carbonyl (C=O) groups is 1. The van der Waals surface area contributed by atoms with Crippen molar-refractivity contribution in [2.75, 3.05) is 33.7 Å². The maximum atomic E-state index is 12.4. The number of aromatic nitrogens is 2. The number of nitrogens with one attached hydrogen (secondary N) is 3. The van der Waals surface area contributed by atoms with E-state index in [2.05, 4.69) is 48.7 Å². The summed E-state index contributed by atoms with van der Waals surface area (Å²) in [6.45, 7) is 11.1. The summed E-state index contributed by atoms with van der Waals surface area (Å²) < 4.78 is 1.93. The van der Waals surface area contributed by atoms with E-state index in [0.29, 0.717) is 18.7 Å². The largest absolute Gasteiger partial charge is 0.357 e. The molecule has 1 aromatic heterocycles. The molecular weight excluding hydrogens is 402 g/mol. The van der Waals surface area contributed by atoms with Crippen molar-refractivity contribution in [3.05, 3.63) is 52.3 Å². The van der Waals surface area contributed by atoms with E-state index in [1.807, 2.05) is 55.0 Å². The summed E-state index contributed by atoms with van der Waals surface area (Å²) in [6, 6.07) is 7.84. The normalized spacial score (nSPS) is 12.7. The molecule has 3 N–H and O–H groups in total. The lowest BCUT2D eigenvalue weighted by Crippen LogP contribution is -2.43. The van der Waals surface area contributed by atoms with Gasteiger partial charge >= 0.3 is 0 Å². The lowest BCUT2D eigenvalue weighted by atomic mass is 10.1. The SMILES string of the molecule is CCNC(=NCc1cccc(C(=O)NCCN(C)C)c1)NC(C)Cc1c(C)nn(C)c1C. The van der Waals surface area contributed by atoms with Gasteiger partial charge in [-0.05, 0) is 71.5 Å².